The second-order valence-corrected chi connectivity index (χ2v) is 7.86. The summed E-state index contributed by atoms with van der Waals surface area (Å²) in [6.07, 6.45) is -4.25. The highest BCUT2D eigenvalue weighted by Crippen LogP contribution is 2.32. The van der Waals surface area contributed by atoms with Gasteiger partial charge in [-0.15, -0.1) is 11.3 Å². The summed E-state index contributed by atoms with van der Waals surface area (Å²) in [7, 11) is 2.88. The van der Waals surface area contributed by atoms with E-state index in [9.17, 15) is 22.8 Å². The minimum Gasteiger partial charge on any atom is -0.493 e. The fraction of sp³-hybridized carbons (Fsp3) is 0.429. The van der Waals surface area contributed by atoms with Crippen molar-refractivity contribution in [1.29, 1.82) is 0 Å². The zero-order valence-electron chi connectivity index (χ0n) is 17.0. The van der Waals surface area contributed by atoms with E-state index in [1.165, 1.54) is 37.0 Å². The molecule has 0 spiro atoms. The van der Waals surface area contributed by atoms with Crippen molar-refractivity contribution in [3.05, 3.63) is 45.6 Å². The van der Waals surface area contributed by atoms with Crippen LogP contribution in [0.25, 0.3) is 0 Å². The number of ether oxygens (including phenoxy) is 2. The molecule has 0 bridgehead atoms. The number of hydrogen-bond donors (Lipinski definition) is 1. The second kappa shape index (κ2) is 9.61. The number of methoxy groups -OCH3 is 2. The van der Waals surface area contributed by atoms with Gasteiger partial charge in [-0.3, -0.25) is 9.59 Å². The van der Waals surface area contributed by atoms with Gasteiger partial charge in [0.15, 0.2) is 17.3 Å². The standard InChI is InChI=1S/C21H24F3NO4S/c1-4-5-15-11-14(12-30-15)18(26)20(25,19(27)21(22,23)24)9-8-13-6-7-16(28-2)17(10-13)29-3/h6-7,10-12H,4-5,8-9,25H2,1-3H3/t20-/m1/s1. The average Bonchev–Trinajstić information content (AvgIpc) is 3.18. The van der Waals surface area contributed by atoms with Gasteiger partial charge in [-0.25, -0.2) is 0 Å². The van der Waals surface area contributed by atoms with Crippen LogP contribution in [0.2, 0.25) is 0 Å². The normalized spacial score (nSPS) is 13.6. The molecule has 2 rings (SSSR count). The number of carbonyl (C=O) groups is 2. The number of alkyl halides is 3. The maximum atomic E-state index is 13.3. The van der Waals surface area contributed by atoms with Gasteiger partial charge in [-0.2, -0.15) is 13.2 Å². The van der Waals surface area contributed by atoms with Crippen LogP contribution in [-0.2, 0) is 17.6 Å². The number of aryl methyl sites for hydroxylation is 2. The zero-order chi connectivity index (χ0) is 22.5. The van der Waals surface area contributed by atoms with E-state index in [1.54, 1.807) is 18.2 Å². The van der Waals surface area contributed by atoms with E-state index < -0.39 is 29.7 Å². The highest BCUT2D eigenvalue weighted by Gasteiger charge is 2.54. The number of benzene rings is 1. The fourth-order valence-corrected chi connectivity index (χ4v) is 4.07. The molecule has 0 radical (unpaired) electrons. The maximum absolute atomic E-state index is 13.3. The Morgan fingerprint density at radius 1 is 1.07 bits per heavy atom. The molecular formula is C21H24F3NO4S. The predicted octanol–water partition coefficient (Wildman–Crippen LogP) is 4.36. The number of hydrogen-bond acceptors (Lipinski definition) is 6. The molecule has 30 heavy (non-hydrogen) atoms. The Bertz CT molecular complexity index is 910. The van der Waals surface area contributed by atoms with E-state index in [4.69, 9.17) is 15.2 Å². The lowest BCUT2D eigenvalue weighted by atomic mass is 9.81. The van der Waals surface area contributed by atoms with E-state index in [0.717, 1.165) is 11.3 Å². The van der Waals surface area contributed by atoms with Crippen molar-refractivity contribution in [1.82, 2.24) is 0 Å². The van der Waals surface area contributed by atoms with Crippen LogP contribution in [0.3, 0.4) is 0 Å². The first kappa shape index (κ1) is 23.9. The Morgan fingerprint density at radius 3 is 2.30 bits per heavy atom. The molecule has 0 aliphatic heterocycles. The van der Waals surface area contributed by atoms with E-state index >= 15 is 0 Å². The van der Waals surface area contributed by atoms with Crippen molar-refractivity contribution >= 4 is 22.9 Å². The van der Waals surface area contributed by atoms with Gasteiger partial charge in [0.05, 0.1) is 14.2 Å². The van der Waals surface area contributed by atoms with Gasteiger partial charge < -0.3 is 15.2 Å². The van der Waals surface area contributed by atoms with Crippen molar-refractivity contribution in [2.45, 2.75) is 44.3 Å². The first-order valence-corrected chi connectivity index (χ1v) is 10.2. The highest BCUT2D eigenvalue weighted by atomic mass is 32.1. The van der Waals surface area contributed by atoms with E-state index in [1.807, 2.05) is 6.92 Å². The molecule has 0 saturated carbocycles. The Kier molecular flexibility index (Phi) is 7.65. The van der Waals surface area contributed by atoms with Crippen LogP contribution < -0.4 is 15.2 Å². The molecule has 0 aliphatic carbocycles. The van der Waals surface area contributed by atoms with Crippen LogP contribution in [0.5, 0.6) is 11.5 Å². The molecule has 9 heteroatoms. The third-order valence-corrected chi connectivity index (χ3v) is 5.73. The van der Waals surface area contributed by atoms with Crippen LogP contribution in [0, 0.1) is 0 Å². The summed E-state index contributed by atoms with van der Waals surface area (Å²) < 4.78 is 50.1. The Labute approximate surface area is 177 Å². The number of nitrogens with two attached hydrogens (primary N) is 1. The third kappa shape index (κ3) is 5.20. The van der Waals surface area contributed by atoms with Crippen LogP contribution in [0.1, 0.15) is 40.6 Å². The average molecular weight is 443 g/mol. The number of thiophene rings is 1. The molecule has 1 heterocycles. The van der Waals surface area contributed by atoms with Crippen LogP contribution in [-0.4, -0.2) is 37.5 Å². The first-order chi connectivity index (χ1) is 14.1. The number of Topliss-reactive ketones (excluding diaryl/α,β-unsaturated/α-hetero) is 2. The summed E-state index contributed by atoms with van der Waals surface area (Å²) in [6.45, 7) is 1.95. The Balaban J connectivity index is 2.35. The summed E-state index contributed by atoms with van der Waals surface area (Å²) in [4.78, 5) is 25.9. The first-order valence-electron chi connectivity index (χ1n) is 9.30. The largest absolute Gasteiger partial charge is 0.493 e. The molecule has 1 atom stereocenters. The molecule has 0 aliphatic rings. The monoisotopic (exact) mass is 443 g/mol. The molecule has 2 aromatic rings. The summed E-state index contributed by atoms with van der Waals surface area (Å²) in [6, 6.07) is 6.30. The Morgan fingerprint density at radius 2 is 1.73 bits per heavy atom. The molecule has 1 aromatic carbocycles. The van der Waals surface area contributed by atoms with Gasteiger partial charge in [0.1, 0.15) is 5.54 Å². The van der Waals surface area contributed by atoms with Crippen molar-refractivity contribution in [2.24, 2.45) is 5.73 Å². The minimum atomic E-state index is -5.23. The molecule has 0 saturated heterocycles. The van der Waals surface area contributed by atoms with Gasteiger partial charge in [-0.1, -0.05) is 19.4 Å². The van der Waals surface area contributed by atoms with Crippen molar-refractivity contribution in [3.8, 4) is 11.5 Å². The van der Waals surface area contributed by atoms with E-state index in [-0.39, 0.29) is 12.0 Å². The number of carbonyl (C=O) groups excluding carboxylic acids is 2. The number of ketones is 2. The van der Waals surface area contributed by atoms with Crippen molar-refractivity contribution < 1.29 is 32.2 Å². The molecule has 0 unspecified atom stereocenters. The van der Waals surface area contributed by atoms with Gasteiger partial charge in [-0.05, 0) is 43.0 Å². The van der Waals surface area contributed by atoms with Gasteiger partial charge in [0.25, 0.3) is 5.78 Å². The summed E-state index contributed by atoms with van der Waals surface area (Å²) in [5.74, 6) is -2.44. The molecular weight excluding hydrogens is 419 g/mol. The topological polar surface area (TPSA) is 78.6 Å². The molecule has 0 fully saturated rings. The van der Waals surface area contributed by atoms with Gasteiger partial charge in [0, 0.05) is 15.8 Å². The van der Waals surface area contributed by atoms with E-state index in [2.05, 4.69) is 0 Å². The lowest BCUT2D eigenvalue weighted by Crippen LogP contribution is -2.59. The van der Waals surface area contributed by atoms with Crippen molar-refractivity contribution in [2.75, 3.05) is 14.2 Å². The lowest BCUT2D eigenvalue weighted by molar-refractivity contribution is -0.175. The quantitative estimate of drug-likeness (QED) is 0.436. The van der Waals surface area contributed by atoms with Crippen LogP contribution >= 0.6 is 11.3 Å². The lowest BCUT2D eigenvalue weighted by Gasteiger charge is -2.27. The molecule has 5 nitrogen and oxygen atoms in total. The number of halogens is 3. The molecule has 164 valence electrons. The minimum absolute atomic E-state index is 0.0239. The Hall–Kier alpha value is -2.39. The van der Waals surface area contributed by atoms with Crippen LogP contribution in [0.4, 0.5) is 13.2 Å². The molecule has 0 amide bonds. The molecule has 1 aromatic heterocycles. The van der Waals surface area contributed by atoms with E-state index in [0.29, 0.717) is 23.5 Å². The number of rotatable bonds is 10. The zero-order valence-corrected chi connectivity index (χ0v) is 17.8. The summed E-state index contributed by atoms with van der Waals surface area (Å²) >= 11 is 1.26. The second-order valence-electron chi connectivity index (χ2n) is 6.87. The fourth-order valence-electron chi connectivity index (χ4n) is 3.10. The van der Waals surface area contributed by atoms with Gasteiger partial charge in [0.2, 0.25) is 0 Å². The summed E-state index contributed by atoms with van der Waals surface area (Å²) in [5, 5.41) is 1.45. The van der Waals surface area contributed by atoms with Gasteiger partial charge >= 0.3 is 6.18 Å². The highest BCUT2D eigenvalue weighted by molar-refractivity contribution is 7.10. The smallest absolute Gasteiger partial charge is 0.452 e. The SMILES string of the molecule is CCCc1cc(C(=O)[C@](N)(CCc2ccc(OC)c(OC)c2)C(=O)C(F)(F)F)cs1. The maximum Gasteiger partial charge on any atom is 0.452 e. The molecule has 2 N–H and O–H groups in total. The predicted molar refractivity (Wildman–Crippen MR) is 108 cm³/mol. The van der Waals surface area contributed by atoms with Crippen molar-refractivity contribution in [3.63, 3.8) is 0 Å². The van der Waals surface area contributed by atoms with Crippen LogP contribution in [0.15, 0.2) is 29.6 Å². The third-order valence-electron chi connectivity index (χ3n) is 4.74. The summed E-state index contributed by atoms with van der Waals surface area (Å²) in [5.41, 5.74) is 3.76.